The summed E-state index contributed by atoms with van der Waals surface area (Å²) in [7, 11) is 0. The lowest BCUT2D eigenvalue weighted by Gasteiger charge is -2.35. The number of aromatic nitrogens is 1. The fraction of sp³-hybridized carbons (Fsp3) is 0.571. The van der Waals surface area contributed by atoms with Gasteiger partial charge in [0, 0.05) is 31.3 Å². The number of ether oxygens (including phenoxy) is 3. The molecular formula is C21H26N2O5. The average molecular weight is 386 g/mol. The van der Waals surface area contributed by atoms with E-state index >= 15 is 0 Å². The monoisotopic (exact) mass is 386 g/mol. The quantitative estimate of drug-likeness (QED) is 0.866. The van der Waals surface area contributed by atoms with E-state index in [4.69, 9.17) is 18.7 Å². The van der Waals surface area contributed by atoms with E-state index in [0.29, 0.717) is 17.6 Å². The first-order chi connectivity index (χ1) is 13.6. The highest BCUT2D eigenvalue weighted by Crippen LogP contribution is 2.40. The van der Waals surface area contributed by atoms with E-state index in [0.717, 1.165) is 55.4 Å². The van der Waals surface area contributed by atoms with Crippen molar-refractivity contribution < 1.29 is 23.8 Å². The first-order valence-electron chi connectivity index (χ1n) is 9.95. The number of fused-ring (bicyclic) bond motifs is 2. The molecule has 1 saturated heterocycles. The molecule has 0 spiro atoms. The summed E-state index contributed by atoms with van der Waals surface area (Å²) in [6, 6.07) is 5.58. The number of likely N-dealkylation sites (tertiary alicyclic amines) is 1. The predicted molar refractivity (Wildman–Crippen MR) is 100 cm³/mol. The number of aliphatic hydroxyl groups excluding tert-OH is 1. The molecule has 1 aromatic carbocycles. The minimum atomic E-state index is -0.453. The van der Waals surface area contributed by atoms with Gasteiger partial charge < -0.3 is 23.8 Å². The van der Waals surface area contributed by atoms with Crippen molar-refractivity contribution in [1.29, 1.82) is 0 Å². The normalized spacial score (nSPS) is 29.1. The van der Waals surface area contributed by atoms with Crippen molar-refractivity contribution in [1.82, 2.24) is 10.1 Å². The molecule has 28 heavy (non-hydrogen) atoms. The van der Waals surface area contributed by atoms with Gasteiger partial charge in [-0.05, 0) is 50.7 Å². The van der Waals surface area contributed by atoms with Crippen LogP contribution in [0, 0.1) is 25.7 Å². The zero-order valence-corrected chi connectivity index (χ0v) is 16.3. The highest BCUT2D eigenvalue weighted by molar-refractivity contribution is 5.47. The Morgan fingerprint density at radius 3 is 2.71 bits per heavy atom. The molecular weight excluding hydrogens is 360 g/mol. The fourth-order valence-corrected chi connectivity index (χ4v) is 4.82. The van der Waals surface area contributed by atoms with Crippen LogP contribution in [0.2, 0.25) is 0 Å². The van der Waals surface area contributed by atoms with E-state index in [2.05, 4.69) is 10.1 Å². The van der Waals surface area contributed by atoms with Crippen molar-refractivity contribution in [2.45, 2.75) is 45.4 Å². The molecule has 1 N–H and O–H groups in total. The van der Waals surface area contributed by atoms with E-state index in [1.54, 1.807) is 0 Å². The maximum atomic E-state index is 10.7. The van der Waals surface area contributed by atoms with Crippen LogP contribution in [0.25, 0.3) is 0 Å². The molecule has 0 amide bonds. The van der Waals surface area contributed by atoms with Crippen molar-refractivity contribution in [2.75, 3.05) is 19.9 Å². The lowest BCUT2D eigenvalue weighted by Crippen LogP contribution is -2.42. The van der Waals surface area contributed by atoms with E-state index in [1.807, 2.05) is 32.0 Å². The number of aryl methyl sites for hydroxylation is 2. The molecule has 2 fully saturated rings. The van der Waals surface area contributed by atoms with Gasteiger partial charge in [0.05, 0.1) is 11.8 Å². The van der Waals surface area contributed by atoms with Gasteiger partial charge in [-0.15, -0.1) is 0 Å². The summed E-state index contributed by atoms with van der Waals surface area (Å²) in [5, 5.41) is 14.7. The third-order valence-electron chi connectivity index (χ3n) is 6.35. The number of hydrogen-bond donors (Lipinski definition) is 1. The lowest BCUT2D eigenvalue weighted by atomic mass is 9.78. The van der Waals surface area contributed by atoms with Crippen LogP contribution < -0.4 is 14.2 Å². The van der Waals surface area contributed by atoms with Crippen LogP contribution >= 0.6 is 0 Å². The molecule has 3 aliphatic rings. The Labute approximate surface area is 164 Å². The van der Waals surface area contributed by atoms with Crippen molar-refractivity contribution in [2.24, 2.45) is 11.8 Å². The van der Waals surface area contributed by atoms with Crippen LogP contribution in [0.5, 0.6) is 17.2 Å². The smallest absolute Gasteiger partial charge is 0.231 e. The number of aliphatic hydroxyl groups is 1. The van der Waals surface area contributed by atoms with Crippen LogP contribution in [0.15, 0.2) is 22.7 Å². The Kier molecular flexibility index (Phi) is 4.44. The molecule has 5 rings (SSSR count). The van der Waals surface area contributed by atoms with Crippen molar-refractivity contribution >= 4 is 0 Å². The van der Waals surface area contributed by atoms with Gasteiger partial charge in [0.15, 0.2) is 11.5 Å². The second-order valence-electron chi connectivity index (χ2n) is 8.23. The first-order valence-corrected chi connectivity index (χ1v) is 9.95. The molecule has 0 radical (unpaired) electrons. The summed E-state index contributed by atoms with van der Waals surface area (Å²) in [5.41, 5.74) is 2.16. The highest BCUT2D eigenvalue weighted by Gasteiger charge is 2.43. The van der Waals surface area contributed by atoms with E-state index in [-0.39, 0.29) is 12.9 Å². The van der Waals surface area contributed by atoms with Crippen LogP contribution in [0.4, 0.5) is 0 Å². The number of nitrogens with zero attached hydrogens (tertiary/aromatic N) is 2. The van der Waals surface area contributed by atoms with Gasteiger partial charge in [-0.25, -0.2) is 0 Å². The lowest BCUT2D eigenvalue weighted by molar-refractivity contribution is -0.0232. The Hall–Kier alpha value is -2.25. The van der Waals surface area contributed by atoms with E-state index < -0.39 is 6.10 Å². The van der Waals surface area contributed by atoms with Crippen LogP contribution in [0.1, 0.15) is 29.9 Å². The molecule has 3 heterocycles. The third-order valence-corrected chi connectivity index (χ3v) is 6.35. The van der Waals surface area contributed by atoms with Crippen LogP contribution in [0.3, 0.4) is 0 Å². The second-order valence-corrected chi connectivity index (χ2v) is 8.23. The first kappa shape index (κ1) is 17.8. The topological polar surface area (TPSA) is 77.2 Å². The number of benzene rings is 1. The predicted octanol–water partition coefficient (Wildman–Crippen LogP) is 2.67. The minimum Gasteiger partial charge on any atom is -0.488 e. The highest BCUT2D eigenvalue weighted by atomic mass is 16.7. The molecule has 1 saturated carbocycles. The molecule has 2 aliphatic heterocycles. The molecule has 1 aromatic heterocycles. The molecule has 4 atom stereocenters. The zero-order valence-electron chi connectivity index (χ0n) is 16.3. The molecule has 0 bridgehead atoms. The van der Waals surface area contributed by atoms with Gasteiger partial charge in [-0.1, -0.05) is 5.16 Å². The van der Waals surface area contributed by atoms with Gasteiger partial charge in [0.2, 0.25) is 6.79 Å². The van der Waals surface area contributed by atoms with Crippen molar-refractivity contribution in [3.63, 3.8) is 0 Å². The Balaban J connectivity index is 1.24. The van der Waals surface area contributed by atoms with Gasteiger partial charge in [0.25, 0.3) is 0 Å². The molecule has 1 aliphatic carbocycles. The van der Waals surface area contributed by atoms with Crippen molar-refractivity contribution in [3.05, 3.63) is 35.2 Å². The Morgan fingerprint density at radius 2 is 1.93 bits per heavy atom. The minimum absolute atomic E-state index is 0.194. The van der Waals surface area contributed by atoms with Gasteiger partial charge in [-0.2, -0.15) is 0 Å². The zero-order chi connectivity index (χ0) is 19.3. The summed E-state index contributed by atoms with van der Waals surface area (Å²) < 4.78 is 22.2. The van der Waals surface area contributed by atoms with Crippen LogP contribution in [-0.2, 0) is 6.54 Å². The van der Waals surface area contributed by atoms with Crippen LogP contribution in [-0.4, -0.2) is 47.3 Å². The maximum Gasteiger partial charge on any atom is 0.231 e. The Morgan fingerprint density at radius 1 is 1.14 bits per heavy atom. The standard InChI is InChI=1S/C21H26N2O5/c1-12-17(13(2)28-22-12)10-23-8-14-5-18(24)20(6-15(14)9-23)27-16-3-4-19-21(7-16)26-11-25-19/h3-4,7,14-15,18,20,24H,5-6,8-11H2,1-2H3/t14-,15+,18+,20+/m0/s1. The molecule has 2 aromatic rings. The maximum absolute atomic E-state index is 10.7. The number of hydrogen-bond acceptors (Lipinski definition) is 7. The summed E-state index contributed by atoms with van der Waals surface area (Å²) in [5.74, 6) is 4.10. The summed E-state index contributed by atoms with van der Waals surface area (Å²) in [6.45, 7) is 7.09. The molecule has 150 valence electrons. The number of rotatable bonds is 4. The van der Waals surface area contributed by atoms with Gasteiger partial charge in [-0.3, -0.25) is 4.90 Å². The molecule has 7 heteroatoms. The van der Waals surface area contributed by atoms with Crippen molar-refractivity contribution in [3.8, 4) is 17.2 Å². The second kappa shape index (κ2) is 6.97. The molecule has 7 nitrogen and oxygen atoms in total. The summed E-state index contributed by atoms with van der Waals surface area (Å²) >= 11 is 0. The van der Waals surface area contributed by atoms with E-state index in [1.165, 1.54) is 5.56 Å². The SMILES string of the molecule is Cc1noc(C)c1CN1C[C@H]2C[C@@H](Oc3ccc4c(c3)OCO4)[C@H](O)C[C@H]2C1. The largest absolute Gasteiger partial charge is 0.488 e. The fourth-order valence-electron chi connectivity index (χ4n) is 4.82. The Bertz CT molecular complexity index is 847. The third kappa shape index (κ3) is 3.22. The average Bonchev–Trinajstić information content (AvgIpc) is 3.37. The summed E-state index contributed by atoms with van der Waals surface area (Å²) in [6.07, 6.45) is 0.988. The van der Waals surface area contributed by atoms with Gasteiger partial charge >= 0.3 is 0 Å². The molecule has 0 unspecified atom stereocenters. The van der Waals surface area contributed by atoms with E-state index in [9.17, 15) is 5.11 Å². The van der Waals surface area contributed by atoms with Gasteiger partial charge in [0.1, 0.15) is 17.6 Å². The summed E-state index contributed by atoms with van der Waals surface area (Å²) in [4.78, 5) is 2.46.